The highest BCUT2D eigenvalue weighted by molar-refractivity contribution is 6.15. The number of aromatic nitrogens is 3. The number of aliphatic imine (C=N–C) groups is 1. The van der Waals surface area contributed by atoms with Crippen LogP contribution in [0, 0.1) is 13.8 Å². The van der Waals surface area contributed by atoms with Gasteiger partial charge in [-0.3, -0.25) is 25.0 Å². The number of hydrogen-bond acceptors (Lipinski definition) is 9. The number of carbonyl (C=O) groups excluding carboxylic acids is 1. The quantitative estimate of drug-likeness (QED) is 0.162. The van der Waals surface area contributed by atoms with Gasteiger partial charge in [-0.1, -0.05) is 47.5 Å². The van der Waals surface area contributed by atoms with Crippen molar-refractivity contribution in [3.05, 3.63) is 111 Å². The van der Waals surface area contributed by atoms with Gasteiger partial charge in [-0.15, -0.1) is 10.2 Å². The zero-order valence-corrected chi connectivity index (χ0v) is 26.7. The Bertz CT molecular complexity index is 1750. The molecular weight excluding hydrogens is 582 g/mol. The molecule has 1 aliphatic heterocycles. The maximum absolute atomic E-state index is 11.7. The Morgan fingerprint density at radius 3 is 2.48 bits per heavy atom. The number of hydrogen-bond donors (Lipinski definition) is 5. The molecular formula is C35H41N7O4. The zero-order valence-electron chi connectivity index (χ0n) is 26.7. The Morgan fingerprint density at radius 2 is 1.78 bits per heavy atom. The van der Waals surface area contributed by atoms with Crippen LogP contribution in [0.1, 0.15) is 59.2 Å². The summed E-state index contributed by atoms with van der Waals surface area (Å²) < 4.78 is 7.50. The van der Waals surface area contributed by atoms with Crippen LogP contribution in [0.5, 0.6) is 5.75 Å². The van der Waals surface area contributed by atoms with Crippen LogP contribution in [-0.4, -0.2) is 56.9 Å². The van der Waals surface area contributed by atoms with Crippen molar-refractivity contribution >= 4 is 17.3 Å². The molecule has 3 aromatic carbocycles. The molecule has 2 aliphatic rings. The normalized spacial score (nSPS) is 12.8. The molecule has 1 fully saturated rings. The van der Waals surface area contributed by atoms with Gasteiger partial charge in [0.15, 0.2) is 5.82 Å². The molecule has 1 aromatic heterocycles. The lowest BCUT2D eigenvalue weighted by molar-refractivity contribution is -0.120. The fraction of sp³-hybridized carbons (Fsp3) is 0.314. The van der Waals surface area contributed by atoms with Crippen LogP contribution in [0.2, 0.25) is 0 Å². The van der Waals surface area contributed by atoms with E-state index in [4.69, 9.17) is 14.9 Å². The third kappa shape index (κ3) is 7.79. The Labute approximate surface area is 269 Å². The van der Waals surface area contributed by atoms with Gasteiger partial charge >= 0.3 is 0 Å². The van der Waals surface area contributed by atoms with E-state index < -0.39 is 0 Å². The molecule has 240 valence electrons. The van der Waals surface area contributed by atoms with Crippen molar-refractivity contribution in [3.8, 4) is 11.4 Å². The van der Waals surface area contributed by atoms with Gasteiger partial charge in [0.25, 0.3) is 0 Å². The van der Waals surface area contributed by atoms with E-state index in [0.717, 1.165) is 64.0 Å². The minimum absolute atomic E-state index is 0.0309. The highest BCUT2D eigenvalue weighted by atomic mass is 16.5. The van der Waals surface area contributed by atoms with Crippen LogP contribution in [0.3, 0.4) is 0 Å². The summed E-state index contributed by atoms with van der Waals surface area (Å²) in [4.78, 5) is 16.6. The Balaban J connectivity index is 0.000000182. The number of aliphatic hydroxyl groups excluding tert-OH is 1. The van der Waals surface area contributed by atoms with Crippen LogP contribution in [0.25, 0.3) is 5.69 Å². The molecule has 46 heavy (non-hydrogen) atoms. The van der Waals surface area contributed by atoms with Gasteiger partial charge in [0.1, 0.15) is 18.1 Å². The van der Waals surface area contributed by atoms with Gasteiger partial charge in [-0.25, -0.2) is 0 Å². The number of rotatable bonds is 10. The van der Waals surface area contributed by atoms with E-state index >= 15 is 0 Å². The van der Waals surface area contributed by atoms with Crippen molar-refractivity contribution in [2.24, 2.45) is 4.99 Å². The lowest BCUT2D eigenvalue weighted by Gasteiger charge is -2.14. The van der Waals surface area contributed by atoms with E-state index in [1.165, 1.54) is 11.1 Å². The third-order valence-corrected chi connectivity index (χ3v) is 8.04. The number of methoxy groups -OCH3 is 1. The van der Waals surface area contributed by atoms with E-state index in [1.54, 1.807) is 13.2 Å². The summed E-state index contributed by atoms with van der Waals surface area (Å²) in [6.45, 7) is 7.23. The second-order valence-corrected chi connectivity index (χ2v) is 11.4. The summed E-state index contributed by atoms with van der Waals surface area (Å²) >= 11 is 0. The number of carbonyl (C=O) groups is 1. The van der Waals surface area contributed by atoms with Gasteiger partial charge in [0.2, 0.25) is 5.91 Å². The molecule has 2 heterocycles. The van der Waals surface area contributed by atoms with Crippen molar-refractivity contribution in [3.63, 3.8) is 0 Å². The van der Waals surface area contributed by atoms with Crippen molar-refractivity contribution in [1.82, 2.24) is 25.4 Å². The number of nitrogens with zero attached hydrogens (tertiary/aromatic N) is 4. The van der Waals surface area contributed by atoms with Crippen LogP contribution in [0.15, 0.2) is 76.9 Å². The number of allylic oxidation sites excluding steroid dienone is 2. The maximum atomic E-state index is 11.7. The van der Waals surface area contributed by atoms with Crippen molar-refractivity contribution in [2.75, 3.05) is 25.7 Å². The van der Waals surface area contributed by atoms with E-state index in [2.05, 4.69) is 56.6 Å². The molecule has 11 nitrogen and oxygen atoms in total. The maximum Gasteiger partial charge on any atom is 0.239 e. The Hall–Kier alpha value is -5.00. The lowest BCUT2D eigenvalue weighted by Crippen LogP contribution is -2.34. The number of benzene rings is 3. The van der Waals surface area contributed by atoms with Crippen molar-refractivity contribution in [1.29, 1.82) is 0 Å². The second-order valence-electron chi connectivity index (χ2n) is 11.4. The molecule has 0 unspecified atom stereocenters. The number of nitrogens with one attached hydrogen (secondary N) is 3. The third-order valence-electron chi connectivity index (χ3n) is 8.04. The minimum Gasteiger partial charge on any atom is -0.497 e. The molecule has 1 saturated carbocycles. The SMILES string of the molecule is CC(NCC(=O)NCCc1ccc(NO)c(CO)c1)=C1CC1.COc1ccc2c(c1)C(c1ccc(C)cc1)=NCc1nnc(C)n1-2. The number of aliphatic hydroxyl groups is 1. The van der Waals surface area contributed by atoms with Gasteiger partial charge < -0.3 is 20.5 Å². The lowest BCUT2D eigenvalue weighted by atomic mass is 9.99. The van der Waals surface area contributed by atoms with Crippen LogP contribution >= 0.6 is 0 Å². The van der Waals surface area contributed by atoms with E-state index in [-0.39, 0.29) is 12.5 Å². The molecule has 0 radical (unpaired) electrons. The molecule has 1 amide bonds. The molecule has 0 saturated heterocycles. The average molecular weight is 624 g/mol. The Kier molecular flexibility index (Phi) is 10.5. The number of anilines is 1. The molecule has 11 heteroatoms. The van der Waals surface area contributed by atoms with Gasteiger partial charge in [-0.05, 0) is 69.9 Å². The van der Waals surface area contributed by atoms with Crippen LogP contribution < -0.4 is 20.9 Å². The zero-order chi connectivity index (χ0) is 32.6. The first-order valence-electron chi connectivity index (χ1n) is 15.3. The number of ether oxygens (including phenoxy) is 1. The number of aryl methyl sites for hydroxylation is 2. The molecule has 4 aromatic rings. The second kappa shape index (κ2) is 14.9. The predicted molar refractivity (Wildman–Crippen MR) is 178 cm³/mol. The smallest absolute Gasteiger partial charge is 0.239 e. The predicted octanol–water partition coefficient (Wildman–Crippen LogP) is 4.54. The summed E-state index contributed by atoms with van der Waals surface area (Å²) in [5.74, 6) is 2.48. The molecule has 5 N–H and O–H groups in total. The summed E-state index contributed by atoms with van der Waals surface area (Å²) in [5.41, 5.74) is 12.0. The summed E-state index contributed by atoms with van der Waals surface area (Å²) in [7, 11) is 1.68. The summed E-state index contributed by atoms with van der Waals surface area (Å²) in [5, 5.41) is 32.6. The highest BCUT2D eigenvalue weighted by Gasteiger charge is 2.22. The van der Waals surface area contributed by atoms with Crippen LogP contribution in [-0.2, 0) is 24.4 Å². The largest absolute Gasteiger partial charge is 0.497 e. The van der Waals surface area contributed by atoms with E-state index in [1.807, 2.05) is 49.7 Å². The first-order chi connectivity index (χ1) is 22.3. The van der Waals surface area contributed by atoms with Gasteiger partial charge in [0.05, 0.1) is 37.3 Å². The van der Waals surface area contributed by atoms with E-state index in [0.29, 0.717) is 37.3 Å². The monoisotopic (exact) mass is 623 g/mol. The molecule has 6 rings (SSSR count). The molecule has 0 spiro atoms. The summed E-state index contributed by atoms with van der Waals surface area (Å²) in [6, 6.07) is 19.8. The number of fused-ring (bicyclic) bond motifs is 3. The molecule has 0 atom stereocenters. The molecule has 1 aliphatic carbocycles. The van der Waals surface area contributed by atoms with Gasteiger partial charge in [0, 0.05) is 28.9 Å². The highest BCUT2D eigenvalue weighted by Crippen LogP contribution is 2.30. The van der Waals surface area contributed by atoms with Crippen molar-refractivity contribution < 1.29 is 19.8 Å². The van der Waals surface area contributed by atoms with Crippen LogP contribution in [0.4, 0.5) is 5.69 Å². The molecule has 0 bridgehead atoms. The first-order valence-corrected chi connectivity index (χ1v) is 15.3. The Morgan fingerprint density at radius 1 is 1.00 bits per heavy atom. The van der Waals surface area contributed by atoms with E-state index in [9.17, 15) is 9.90 Å². The first kappa shape index (κ1) is 32.4. The standard InChI is InChI=1S/C19H18N4O.C16H23N3O3/c1-12-4-6-14(7-5-12)19-16-10-15(24-3)8-9-17(16)23-13(2)21-22-18(23)11-20-19;1-11(13-3-4-13)18-9-16(21)17-7-6-12-2-5-15(19-22)14(8-12)10-20/h4-10H,11H2,1-3H3;2,5,8,18-20,22H,3-4,6-7,9-10H2,1H3,(H,17,21). The number of amides is 1. The average Bonchev–Trinajstić information content (AvgIpc) is 3.89. The fourth-order valence-electron chi connectivity index (χ4n) is 5.27. The summed E-state index contributed by atoms with van der Waals surface area (Å²) in [6.07, 6.45) is 2.96. The fourth-order valence-corrected chi connectivity index (χ4v) is 5.27. The van der Waals surface area contributed by atoms with Gasteiger partial charge in [-0.2, -0.15) is 0 Å². The minimum atomic E-state index is -0.152. The van der Waals surface area contributed by atoms with Crippen molar-refractivity contribution in [2.45, 2.75) is 53.2 Å². The topological polar surface area (TPSA) is 146 Å².